The molecule has 11 nitrogen and oxygen atoms in total. The van der Waals surface area contributed by atoms with E-state index in [1.54, 1.807) is 30.3 Å². The number of hydrogen-bond acceptors (Lipinski definition) is 11. The standard InChI is InChI=1S/C48H63ClO11S2/c1-7-11-28-55-45-44(38-20-27-43(49)39(32-38)31-37-18-21-40(22-19-37)54-10-4)60-48(33-58-61(50,51)41-23-14-35(5)15-24-41,34-59-62(52,53)42-25-16-36(6)17-26-42)47(57-30-13-9-3)46(45)56-29-12-8-2/h14-27,32,44-47H,7-13,28-31,33-34H2,1-6H3/t44-,45-,46+,47-/m0/s1. The molecule has 0 unspecified atom stereocenters. The lowest BCUT2D eigenvalue weighted by molar-refractivity contribution is -0.309. The van der Waals surface area contributed by atoms with E-state index in [1.807, 2.05) is 64.1 Å². The van der Waals surface area contributed by atoms with E-state index >= 15 is 0 Å². The van der Waals surface area contributed by atoms with Gasteiger partial charge in [-0.3, -0.25) is 8.37 Å². The summed E-state index contributed by atoms with van der Waals surface area (Å²) >= 11 is 6.89. The fraction of sp³-hybridized carbons (Fsp3) is 0.500. The summed E-state index contributed by atoms with van der Waals surface area (Å²) in [6, 6.07) is 25.9. The number of unbranched alkanes of at least 4 members (excludes halogenated alkanes) is 3. The number of halogens is 1. The summed E-state index contributed by atoms with van der Waals surface area (Å²) in [6.07, 6.45) is 1.31. The van der Waals surface area contributed by atoms with Crippen LogP contribution in [0.2, 0.25) is 5.02 Å². The van der Waals surface area contributed by atoms with E-state index in [0.717, 1.165) is 53.7 Å². The summed E-state index contributed by atoms with van der Waals surface area (Å²) in [6.45, 7) is 11.9. The van der Waals surface area contributed by atoms with Gasteiger partial charge in [-0.15, -0.1) is 0 Å². The van der Waals surface area contributed by atoms with Gasteiger partial charge in [0.05, 0.1) is 16.4 Å². The highest BCUT2D eigenvalue weighted by Crippen LogP contribution is 2.45. The summed E-state index contributed by atoms with van der Waals surface area (Å²) in [5.41, 5.74) is 2.28. The van der Waals surface area contributed by atoms with Crippen molar-refractivity contribution in [2.45, 2.75) is 126 Å². The van der Waals surface area contributed by atoms with E-state index in [2.05, 4.69) is 13.8 Å². The van der Waals surface area contributed by atoms with Crippen LogP contribution in [-0.2, 0) is 54.0 Å². The lowest BCUT2D eigenvalue weighted by Crippen LogP contribution is -2.67. The predicted molar refractivity (Wildman–Crippen MR) is 241 cm³/mol. The molecule has 0 amide bonds. The maximum absolute atomic E-state index is 14.0. The van der Waals surface area contributed by atoms with E-state index in [4.69, 9.17) is 43.7 Å². The Morgan fingerprint density at radius 2 is 1.13 bits per heavy atom. The highest BCUT2D eigenvalue weighted by atomic mass is 35.5. The van der Waals surface area contributed by atoms with Crippen LogP contribution >= 0.6 is 11.6 Å². The van der Waals surface area contributed by atoms with E-state index in [9.17, 15) is 16.8 Å². The van der Waals surface area contributed by atoms with Gasteiger partial charge in [-0.05, 0) is 106 Å². The molecule has 1 aliphatic rings. The number of benzene rings is 4. The second kappa shape index (κ2) is 23.5. The van der Waals surface area contributed by atoms with Gasteiger partial charge in [0.15, 0.2) is 0 Å². The predicted octanol–water partition coefficient (Wildman–Crippen LogP) is 10.1. The van der Waals surface area contributed by atoms with Crippen molar-refractivity contribution >= 4 is 31.8 Å². The minimum atomic E-state index is -4.42. The molecule has 14 heteroatoms. The summed E-state index contributed by atoms with van der Waals surface area (Å²) < 4.78 is 101. The third-order valence-corrected chi connectivity index (χ3v) is 13.7. The van der Waals surface area contributed by atoms with Gasteiger partial charge in [0, 0.05) is 24.8 Å². The average Bonchev–Trinajstić information content (AvgIpc) is 3.25. The Morgan fingerprint density at radius 3 is 1.63 bits per heavy atom. The van der Waals surface area contributed by atoms with Crippen molar-refractivity contribution in [1.82, 2.24) is 0 Å². The Labute approximate surface area is 374 Å². The molecule has 0 bridgehead atoms. The molecule has 0 saturated carbocycles. The first-order valence-corrected chi connectivity index (χ1v) is 24.9. The SMILES string of the molecule is CCCCO[C@@H]1[C@@H](OCCCC)[C@H](OCCCC)C(COS(=O)(=O)c2ccc(C)cc2)(COS(=O)(=O)c2ccc(C)cc2)O[C@H]1c1ccc(Cl)c(Cc2ccc(OCC)cc2)c1. The Hall–Kier alpha value is -3.37. The van der Waals surface area contributed by atoms with Crippen LogP contribution in [-0.4, -0.2) is 80.4 Å². The maximum Gasteiger partial charge on any atom is 0.297 e. The second-order valence-corrected chi connectivity index (χ2v) is 19.4. The third-order valence-electron chi connectivity index (χ3n) is 10.8. The molecule has 0 spiro atoms. The van der Waals surface area contributed by atoms with Gasteiger partial charge in [0.2, 0.25) is 0 Å². The van der Waals surface area contributed by atoms with Crippen molar-refractivity contribution in [3.63, 3.8) is 0 Å². The van der Waals surface area contributed by atoms with Gasteiger partial charge in [0.1, 0.15) is 49.0 Å². The summed E-state index contributed by atoms with van der Waals surface area (Å²) in [5, 5.41) is 0.532. The number of aryl methyl sites for hydroxylation is 2. The van der Waals surface area contributed by atoms with Crippen LogP contribution in [0.4, 0.5) is 0 Å². The molecular weight excluding hydrogens is 852 g/mol. The summed E-state index contributed by atoms with van der Waals surface area (Å²) in [4.78, 5) is -0.147. The van der Waals surface area contributed by atoms with Gasteiger partial charge in [0.25, 0.3) is 20.2 Å². The lowest BCUT2D eigenvalue weighted by atomic mass is 9.82. The largest absolute Gasteiger partial charge is 0.494 e. The fourth-order valence-corrected chi connectivity index (χ4v) is 9.26. The first kappa shape index (κ1) is 49.6. The molecule has 5 rings (SSSR count). The Bertz CT molecular complexity index is 2120. The van der Waals surface area contributed by atoms with Crippen LogP contribution in [0.1, 0.15) is 100 Å². The highest BCUT2D eigenvalue weighted by Gasteiger charge is 2.58. The molecule has 1 aliphatic heterocycles. The summed E-state index contributed by atoms with van der Waals surface area (Å²) in [5.74, 6) is 0.762. The van der Waals surface area contributed by atoms with Crippen LogP contribution in [0.15, 0.2) is 101 Å². The van der Waals surface area contributed by atoms with Gasteiger partial charge >= 0.3 is 0 Å². The van der Waals surface area contributed by atoms with Crippen molar-refractivity contribution in [2.75, 3.05) is 39.6 Å². The molecule has 1 heterocycles. The molecule has 340 valence electrons. The van der Waals surface area contributed by atoms with Gasteiger partial charge < -0.3 is 23.7 Å². The Morgan fingerprint density at radius 1 is 0.629 bits per heavy atom. The lowest BCUT2D eigenvalue weighted by Gasteiger charge is -2.52. The topological polar surface area (TPSA) is 133 Å². The van der Waals surface area contributed by atoms with Gasteiger partial charge in [-0.25, -0.2) is 0 Å². The molecule has 0 N–H and O–H groups in total. The Kier molecular flexibility index (Phi) is 18.8. The van der Waals surface area contributed by atoms with Crippen molar-refractivity contribution < 1.29 is 48.9 Å². The highest BCUT2D eigenvalue weighted by molar-refractivity contribution is 7.87. The van der Waals surface area contributed by atoms with E-state index in [-0.39, 0.29) is 16.4 Å². The zero-order chi connectivity index (χ0) is 44.8. The minimum Gasteiger partial charge on any atom is -0.494 e. The third kappa shape index (κ3) is 13.3. The average molecular weight is 916 g/mol. The molecule has 4 atom stereocenters. The van der Waals surface area contributed by atoms with Crippen LogP contribution in [0, 0.1) is 13.8 Å². The van der Waals surface area contributed by atoms with Crippen molar-refractivity contribution in [2.24, 2.45) is 0 Å². The molecule has 1 saturated heterocycles. The van der Waals surface area contributed by atoms with E-state index in [1.165, 1.54) is 24.3 Å². The Balaban J connectivity index is 1.68. The first-order valence-electron chi connectivity index (χ1n) is 21.7. The second-order valence-electron chi connectivity index (χ2n) is 15.8. The smallest absolute Gasteiger partial charge is 0.297 e. The van der Waals surface area contributed by atoms with Gasteiger partial charge in [-0.1, -0.05) is 111 Å². The van der Waals surface area contributed by atoms with Crippen molar-refractivity contribution in [3.8, 4) is 5.75 Å². The molecule has 0 aromatic heterocycles. The van der Waals surface area contributed by atoms with Crippen molar-refractivity contribution in [3.05, 3.63) is 124 Å². The van der Waals surface area contributed by atoms with E-state index < -0.39 is 63.5 Å². The van der Waals surface area contributed by atoms with E-state index in [0.29, 0.717) is 49.7 Å². The van der Waals surface area contributed by atoms with Crippen LogP contribution in [0.3, 0.4) is 0 Å². The minimum absolute atomic E-state index is 0.0737. The first-order chi connectivity index (χ1) is 29.8. The molecule has 0 aliphatic carbocycles. The molecular formula is C48H63ClO11S2. The van der Waals surface area contributed by atoms with Gasteiger partial charge in [-0.2, -0.15) is 16.8 Å². The molecule has 1 fully saturated rings. The zero-order valence-corrected chi connectivity index (χ0v) is 39.2. The molecule has 62 heavy (non-hydrogen) atoms. The number of hydrogen-bond donors (Lipinski definition) is 0. The number of rotatable bonds is 25. The fourth-order valence-electron chi connectivity index (χ4n) is 7.15. The quantitative estimate of drug-likeness (QED) is 0.0465. The van der Waals surface area contributed by atoms with Crippen molar-refractivity contribution in [1.29, 1.82) is 0 Å². The zero-order valence-electron chi connectivity index (χ0n) is 36.8. The van der Waals surface area contributed by atoms with Crippen LogP contribution < -0.4 is 4.74 Å². The molecule has 0 radical (unpaired) electrons. The monoisotopic (exact) mass is 914 g/mol. The normalized spacial score (nSPS) is 19.1. The molecule has 4 aromatic rings. The summed E-state index contributed by atoms with van der Waals surface area (Å²) in [7, 11) is -8.84. The number of ether oxygens (including phenoxy) is 5. The van der Waals surface area contributed by atoms with Crippen LogP contribution in [0.25, 0.3) is 0 Å². The molecule has 4 aromatic carbocycles. The maximum atomic E-state index is 14.0. The van der Waals surface area contributed by atoms with Crippen LogP contribution in [0.5, 0.6) is 5.75 Å².